The second-order valence-corrected chi connectivity index (χ2v) is 4.21. The maximum Gasteiger partial charge on any atom is 0.335 e. The Kier molecular flexibility index (Phi) is 4.82. The molecule has 0 aromatic heterocycles. The molecule has 1 atom stereocenters. The molecule has 0 saturated carbocycles. The summed E-state index contributed by atoms with van der Waals surface area (Å²) < 4.78 is 10.4. The zero-order valence-electron chi connectivity index (χ0n) is 10.8. The van der Waals surface area contributed by atoms with Crippen LogP contribution in [-0.2, 0) is 4.74 Å². The lowest BCUT2D eigenvalue weighted by atomic mass is 10.2. The predicted octanol–water partition coefficient (Wildman–Crippen LogP) is 2.30. The molecule has 19 heavy (non-hydrogen) atoms. The van der Waals surface area contributed by atoms with Gasteiger partial charge >= 0.3 is 11.7 Å². The molecule has 1 N–H and O–H groups in total. The first kappa shape index (κ1) is 14.9. The Bertz CT molecular complexity index is 485. The van der Waals surface area contributed by atoms with Crippen LogP contribution in [0.25, 0.3) is 0 Å². The number of rotatable bonds is 6. The van der Waals surface area contributed by atoms with Gasteiger partial charge in [-0.15, -0.1) is 0 Å². The smallest absolute Gasteiger partial charge is 0.335 e. The number of methoxy groups -OCH3 is 1. The molecule has 0 amide bonds. The fourth-order valence-corrected chi connectivity index (χ4v) is 1.47. The Morgan fingerprint density at radius 2 is 2.05 bits per heavy atom. The molecule has 7 nitrogen and oxygen atoms in total. The summed E-state index contributed by atoms with van der Waals surface area (Å²) in [7, 11) is 1.41. The van der Waals surface area contributed by atoms with Gasteiger partial charge in [0.25, 0.3) is 0 Å². The molecule has 1 rings (SSSR count). The Morgan fingerprint density at radius 1 is 1.42 bits per heavy atom. The van der Waals surface area contributed by atoms with Gasteiger partial charge in [-0.2, -0.15) is 0 Å². The van der Waals surface area contributed by atoms with Crippen LogP contribution in [0, 0.1) is 16.0 Å². The van der Waals surface area contributed by atoms with Crippen molar-refractivity contribution in [3.63, 3.8) is 0 Å². The summed E-state index contributed by atoms with van der Waals surface area (Å²) in [6.45, 7) is 3.64. The van der Waals surface area contributed by atoms with Gasteiger partial charge in [-0.1, -0.05) is 13.8 Å². The summed E-state index contributed by atoms with van der Waals surface area (Å²) >= 11 is 0. The lowest BCUT2D eigenvalue weighted by Gasteiger charge is -2.20. The summed E-state index contributed by atoms with van der Waals surface area (Å²) in [6.07, 6.45) is -0.692. The lowest BCUT2D eigenvalue weighted by molar-refractivity contribution is -0.386. The molecular weight excluding hydrogens is 254 g/mol. The van der Waals surface area contributed by atoms with Gasteiger partial charge in [0, 0.05) is 25.2 Å². The van der Waals surface area contributed by atoms with E-state index in [1.165, 1.54) is 7.11 Å². The second-order valence-electron chi connectivity index (χ2n) is 4.21. The van der Waals surface area contributed by atoms with Crippen LogP contribution in [0.4, 0.5) is 5.69 Å². The first-order valence-corrected chi connectivity index (χ1v) is 5.58. The number of ether oxygens (including phenoxy) is 2. The topological polar surface area (TPSA) is 98.9 Å². The van der Waals surface area contributed by atoms with Crippen molar-refractivity contribution in [1.82, 2.24) is 0 Å². The Hall–Kier alpha value is -2.15. The fourth-order valence-electron chi connectivity index (χ4n) is 1.47. The number of aromatic carboxylic acids is 1. The average molecular weight is 269 g/mol. The fraction of sp³-hybridized carbons (Fsp3) is 0.417. The van der Waals surface area contributed by atoms with Crippen molar-refractivity contribution >= 4 is 11.7 Å². The maximum atomic E-state index is 10.9. The van der Waals surface area contributed by atoms with Crippen LogP contribution in [0.1, 0.15) is 24.2 Å². The molecule has 0 heterocycles. The highest BCUT2D eigenvalue weighted by molar-refractivity contribution is 5.88. The highest BCUT2D eigenvalue weighted by Crippen LogP contribution is 2.30. The summed E-state index contributed by atoms with van der Waals surface area (Å²) in [5, 5.41) is 19.8. The quantitative estimate of drug-likeness (QED) is 0.483. The number of hydrogen-bond acceptors (Lipinski definition) is 5. The predicted molar refractivity (Wildman–Crippen MR) is 66.3 cm³/mol. The van der Waals surface area contributed by atoms with Gasteiger partial charge in [-0.05, 0) is 6.07 Å². The van der Waals surface area contributed by atoms with Crippen LogP contribution in [0.2, 0.25) is 0 Å². The molecule has 7 heteroatoms. The summed E-state index contributed by atoms with van der Waals surface area (Å²) in [4.78, 5) is 21.1. The van der Waals surface area contributed by atoms with E-state index in [-0.39, 0.29) is 22.9 Å². The van der Waals surface area contributed by atoms with Crippen LogP contribution < -0.4 is 4.74 Å². The number of nitrogens with zero attached hydrogens (tertiary/aromatic N) is 1. The van der Waals surface area contributed by atoms with Crippen molar-refractivity contribution in [3.8, 4) is 5.75 Å². The minimum absolute atomic E-state index is 0.0434. The van der Waals surface area contributed by atoms with Gasteiger partial charge in [0.2, 0.25) is 12.0 Å². The van der Waals surface area contributed by atoms with Gasteiger partial charge in [-0.3, -0.25) is 10.1 Å². The third-order valence-electron chi connectivity index (χ3n) is 2.42. The molecule has 0 fully saturated rings. The van der Waals surface area contributed by atoms with E-state index in [0.29, 0.717) is 0 Å². The minimum atomic E-state index is -1.18. The van der Waals surface area contributed by atoms with Gasteiger partial charge < -0.3 is 14.6 Å². The molecule has 0 spiro atoms. The van der Waals surface area contributed by atoms with Gasteiger partial charge in [0.1, 0.15) is 0 Å². The molecule has 1 aromatic rings. The average Bonchev–Trinajstić information content (AvgIpc) is 2.34. The van der Waals surface area contributed by atoms with Crippen molar-refractivity contribution in [2.75, 3.05) is 7.11 Å². The van der Waals surface area contributed by atoms with E-state index in [1.807, 2.05) is 13.8 Å². The van der Waals surface area contributed by atoms with E-state index in [2.05, 4.69) is 0 Å². The summed E-state index contributed by atoms with van der Waals surface area (Å²) in [6, 6.07) is 3.38. The van der Waals surface area contributed by atoms with E-state index in [1.54, 1.807) is 0 Å². The second kappa shape index (κ2) is 6.14. The molecule has 1 aromatic carbocycles. The van der Waals surface area contributed by atoms with Gasteiger partial charge in [0.05, 0.1) is 10.5 Å². The number of hydrogen-bond donors (Lipinski definition) is 1. The van der Waals surface area contributed by atoms with Crippen molar-refractivity contribution in [3.05, 3.63) is 33.9 Å². The van der Waals surface area contributed by atoms with E-state index in [9.17, 15) is 14.9 Å². The van der Waals surface area contributed by atoms with Crippen LogP contribution in [0.15, 0.2) is 18.2 Å². The molecule has 0 aliphatic heterocycles. The van der Waals surface area contributed by atoms with Crippen molar-refractivity contribution in [2.45, 2.75) is 20.1 Å². The monoisotopic (exact) mass is 269 g/mol. The zero-order chi connectivity index (χ0) is 14.6. The number of carbonyl (C=O) groups is 1. The molecule has 0 saturated heterocycles. The summed E-state index contributed by atoms with van der Waals surface area (Å²) in [5.41, 5.74) is -0.382. The molecule has 0 aliphatic rings. The largest absolute Gasteiger partial charge is 0.478 e. The molecule has 104 valence electrons. The highest BCUT2D eigenvalue weighted by atomic mass is 16.7. The first-order chi connectivity index (χ1) is 8.86. The zero-order valence-corrected chi connectivity index (χ0v) is 10.8. The van der Waals surface area contributed by atoms with E-state index in [0.717, 1.165) is 18.2 Å². The minimum Gasteiger partial charge on any atom is -0.478 e. The SMILES string of the molecule is COC(Oc1cc(C(=O)O)ccc1[N+](=O)[O-])C(C)C. The van der Waals surface area contributed by atoms with Crippen LogP contribution in [0.3, 0.4) is 0 Å². The number of carboxylic acid groups (broad SMARTS) is 1. The van der Waals surface area contributed by atoms with Crippen molar-refractivity contribution in [2.24, 2.45) is 5.92 Å². The van der Waals surface area contributed by atoms with Crippen LogP contribution in [-0.4, -0.2) is 29.4 Å². The third-order valence-corrected chi connectivity index (χ3v) is 2.42. The third kappa shape index (κ3) is 3.65. The highest BCUT2D eigenvalue weighted by Gasteiger charge is 2.22. The van der Waals surface area contributed by atoms with E-state index in [4.69, 9.17) is 14.6 Å². The molecular formula is C12H15NO6. The Morgan fingerprint density at radius 3 is 2.47 bits per heavy atom. The number of benzene rings is 1. The van der Waals surface area contributed by atoms with Crippen LogP contribution in [0.5, 0.6) is 5.75 Å². The standard InChI is InChI=1S/C12H15NO6/c1-7(2)12(18-3)19-10-6-8(11(14)15)4-5-9(10)13(16)17/h4-7,12H,1-3H3,(H,14,15). The number of nitro benzene ring substituents is 1. The number of nitro groups is 1. The van der Waals surface area contributed by atoms with Gasteiger partial charge in [0.15, 0.2) is 0 Å². The number of carboxylic acids is 1. The molecule has 0 aliphatic carbocycles. The summed E-state index contributed by atoms with van der Waals surface area (Å²) in [5.74, 6) is -1.35. The first-order valence-electron chi connectivity index (χ1n) is 5.58. The van der Waals surface area contributed by atoms with Crippen LogP contribution >= 0.6 is 0 Å². The van der Waals surface area contributed by atoms with E-state index >= 15 is 0 Å². The van der Waals surface area contributed by atoms with Gasteiger partial charge in [-0.25, -0.2) is 4.79 Å². The molecule has 1 unspecified atom stereocenters. The Labute approximate surface area is 109 Å². The van der Waals surface area contributed by atoms with Crippen molar-refractivity contribution < 1.29 is 24.3 Å². The molecule has 0 bridgehead atoms. The maximum absolute atomic E-state index is 10.9. The normalized spacial score (nSPS) is 12.2. The lowest BCUT2D eigenvalue weighted by Crippen LogP contribution is -2.25. The van der Waals surface area contributed by atoms with Crippen molar-refractivity contribution in [1.29, 1.82) is 0 Å². The van der Waals surface area contributed by atoms with E-state index < -0.39 is 17.2 Å². The molecule has 0 radical (unpaired) electrons. The Balaban J connectivity index is 3.17.